The minimum absolute atomic E-state index is 0.0326. The number of fused-ring (bicyclic) bond motifs is 1. The number of rotatable bonds is 5. The number of ketones is 1. The van der Waals surface area contributed by atoms with Crippen molar-refractivity contribution < 1.29 is 14.3 Å². The van der Waals surface area contributed by atoms with Gasteiger partial charge in [-0.3, -0.25) is 4.79 Å². The van der Waals surface area contributed by atoms with Crippen LogP contribution in [0.2, 0.25) is 9.36 Å². The number of benzene rings is 2. The molecule has 2 heterocycles. The Balaban J connectivity index is 1.84. The number of carbonyl (C=O) groups is 1. The van der Waals surface area contributed by atoms with Gasteiger partial charge in [-0.15, -0.1) is 11.3 Å². The quantitative estimate of drug-likeness (QED) is 0.290. The van der Waals surface area contributed by atoms with Crippen LogP contribution in [0.4, 0.5) is 0 Å². The third kappa shape index (κ3) is 3.94. The standard InChI is InChI=1S/C22H14Cl2O4S/c23-13-7-5-12(6-8-13)16(25)11-15(18-9-10-19(24)29-18)20-21(26)14-3-1-2-4-17(14)28-22(20)27/h1-10,15,26H,11H2/t15-/m0/s1. The van der Waals surface area contributed by atoms with Gasteiger partial charge in [-0.05, 0) is 48.5 Å². The van der Waals surface area contributed by atoms with Crippen LogP contribution in [-0.4, -0.2) is 10.9 Å². The van der Waals surface area contributed by atoms with Gasteiger partial charge >= 0.3 is 5.63 Å². The highest BCUT2D eigenvalue weighted by Gasteiger charge is 2.28. The van der Waals surface area contributed by atoms with Gasteiger partial charge in [0.05, 0.1) is 15.3 Å². The molecule has 146 valence electrons. The van der Waals surface area contributed by atoms with Crippen molar-refractivity contribution in [2.45, 2.75) is 12.3 Å². The highest BCUT2D eigenvalue weighted by molar-refractivity contribution is 7.16. The largest absolute Gasteiger partial charge is 0.507 e. The SMILES string of the molecule is O=C(C[C@@H](c1ccc(Cl)s1)c1c(O)c2ccccc2oc1=O)c1ccc(Cl)cc1. The lowest BCUT2D eigenvalue weighted by atomic mass is 9.90. The first kappa shape index (κ1) is 19.7. The van der Waals surface area contributed by atoms with Crippen molar-refractivity contribution in [3.8, 4) is 5.75 Å². The van der Waals surface area contributed by atoms with Gasteiger partial charge in [0.1, 0.15) is 11.3 Å². The van der Waals surface area contributed by atoms with Crippen molar-refractivity contribution in [3.05, 3.63) is 96.4 Å². The first-order chi connectivity index (χ1) is 13.9. The number of carbonyl (C=O) groups excluding carboxylic acids is 1. The van der Waals surface area contributed by atoms with E-state index in [4.69, 9.17) is 27.6 Å². The van der Waals surface area contributed by atoms with Gasteiger partial charge in [-0.2, -0.15) is 0 Å². The molecule has 4 rings (SSSR count). The van der Waals surface area contributed by atoms with E-state index in [2.05, 4.69) is 0 Å². The molecule has 0 aliphatic rings. The van der Waals surface area contributed by atoms with Crippen LogP contribution in [0, 0.1) is 0 Å². The van der Waals surface area contributed by atoms with Gasteiger partial charge < -0.3 is 9.52 Å². The van der Waals surface area contributed by atoms with E-state index in [1.54, 1.807) is 60.7 Å². The topological polar surface area (TPSA) is 67.5 Å². The zero-order valence-electron chi connectivity index (χ0n) is 14.9. The van der Waals surface area contributed by atoms with Crippen LogP contribution >= 0.6 is 34.5 Å². The van der Waals surface area contributed by atoms with Gasteiger partial charge in [0, 0.05) is 27.8 Å². The number of hydrogen-bond donors (Lipinski definition) is 1. The van der Waals surface area contributed by atoms with E-state index in [-0.39, 0.29) is 29.1 Å². The number of thiophene rings is 1. The highest BCUT2D eigenvalue weighted by atomic mass is 35.5. The molecule has 0 bridgehead atoms. The molecule has 0 spiro atoms. The third-order valence-corrected chi connectivity index (χ3v) is 6.26. The first-order valence-corrected chi connectivity index (χ1v) is 10.3. The summed E-state index contributed by atoms with van der Waals surface area (Å²) >= 11 is 13.2. The van der Waals surface area contributed by atoms with Crippen molar-refractivity contribution >= 4 is 51.3 Å². The summed E-state index contributed by atoms with van der Waals surface area (Å²) in [7, 11) is 0. The molecule has 7 heteroatoms. The Kier molecular flexibility index (Phi) is 5.46. The summed E-state index contributed by atoms with van der Waals surface area (Å²) in [4.78, 5) is 26.4. The minimum Gasteiger partial charge on any atom is -0.507 e. The summed E-state index contributed by atoms with van der Waals surface area (Å²) in [5, 5.41) is 11.8. The normalized spacial score (nSPS) is 12.2. The van der Waals surface area contributed by atoms with Crippen LogP contribution in [0.25, 0.3) is 11.0 Å². The van der Waals surface area contributed by atoms with Crippen LogP contribution in [0.5, 0.6) is 5.75 Å². The predicted octanol–water partition coefficient (Wildman–Crippen LogP) is 6.27. The van der Waals surface area contributed by atoms with Crippen LogP contribution < -0.4 is 5.63 Å². The molecule has 0 amide bonds. The molecule has 2 aromatic carbocycles. The van der Waals surface area contributed by atoms with Crippen LogP contribution in [0.15, 0.2) is 69.9 Å². The number of Topliss-reactive ketones (excluding diaryl/α,β-unsaturated/α-hetero) is 1. The summed E-state index contributed by atoms with van der Waals surface area (Å²) < 4.78 is 5.94. The molecule has 0 radical (unpaired) electrons. The van der Waals surface area contributed by atoms with Crippen LogP contribution in [0.1, 0.15) is 33.1 Å². The lowest BCUT2D eigenvalue weighted by Gasteiger charge is -2.16. The molecule has 4 aromatic rings. The van der Waals surface area contributed by atoms with E-state index in [0.717, 1.165) is 0 Å². The number of aromatic hydroxyl groups is 1. The molecule has 2 aromatic heterocycles. The monoisotopic (exact) mass is 444 g/mol. The summed E-state index contributed by atoms with van der Waals surface area (Å²) in [6.45, 7) is 0. The molecule has 1 atom stereocenters. The van der Waals surface area contributed by atoms with Crippen molar-refractivity contribution in [3.63, 3.8) is 0 Å². The smallest absolute Gasteiger partial charge is 0.343 e. The second-order valence-electron chi connectivity index (χ2n) is 6.48. The molecule has 29 heavy (non-hydrogen) atoms. The fourth-order valence-corrected chi connectivity index (χ4v) is 4.55. The maximum atomic E-state index is 12.9. The zero-order chi connectivity index (χ0) is 20.5. The van der Waals surface area contributed by atoms with E-state index >= 15 is 0 Å². The fourth-order valence-electron chi connectivity index (χ4n) is 3.25. The minimum atomic E-state index is -0.698. The molecular weight excluding hydrogens is 431 g/mol. The molecular formula is C22H14Cl2O4S. The molecule has 0 aliphatic heterocycles. The summed E-state index contributed by atoms with van der Waals surface area (Å²) in [6, 6.07) is 16.7. The van der Waals surface area contributed by atoms with E-state index in [9.17, 15) is 14.7 Å². The Labute approximate surface area is 179 Å². The third-order valence-electron chi connectivity index (χ3n) is 4.66. The Morgan fingerprint density at radius 1 is 1.03 bits per heavy atom. The number of halogens is 2. The van der Waals surface area contributed by atoms with Crippen LogP contribution in [-0.2, 0) is 0 Å². The van der Waals surface area contributed by atoms with Gasteiger partial charge in [0.25, 0.3) is 0 Å². The molecule has 1 N–H and O–H groups in total. The van der Waals surface area contributed by atoms with E-state index in [1.165, 1.54) is 11.3 Å². The second-order valence-corrected chi connectivity index (χ2v) is 8.66. The van der Waals surface area contributed by atoms with Crippen LogP contribution in [0.3, 0.4) is 0 Å². The van der Waals surface area contributed by atoms with Crippen molar-refractivity contribution in [2.24, 2.45) is 0 Å². The first-order valence-electron chi connectivity index (χ1n) is 8.72. The molecule has 0 saturated heterocycles. The average Bonchev–Trinajstić information content (AvgIpc) is 3.13. The lowest BCUT2D eigenvalue weighted by molar-refractivity contribution is 0.0977. The fraction of sp³-hybridized carbons (Fsp3) is 0.0909. The van der Waals surface area contributed by atoms with Gasteiger partial charge in [0.15, 0.2) is 5.78 Å². The molecule has 4 nitrogen and oxygen atoms in total. The summed E-state index contributed by atoms with van der Waals surface area (Å²) in [5.41, 5.74) is 0.113. The second kappa shape index (κ2) is 8.03. The molecule has 0 fully saturated rings. The van der Waals surface area contributed by atoms with Gasteiger partial charge in [0.2, 0.25) is 0 Å². The summed E-state index contributed by atoms with van der Waals surface area (Å²) in [5.74, 6) is -1.07. The molecule has 0 saturated carbocycles. The van der Waals surface area contributed by atoms with Gasteiger partial charge in [-0.25, -0.2) is 4.79 Å². The number of para-hydroxylation sites is 1. The van der Waals surface area contributed by atoms with E-state index in [0.29, 0.717) is 25.2 Å². The lowest BCUT2D eigenvalue weighted by Crippen LogP contribution is -2.17. The highest BCUT2D eigenvalue weighted by Crippen LogP contribution is 2.40. The van der Waals surface area contributed by atoms with Crippen molar-refractivity contribution in [2.75, 3.05) is 0 Å². The molecule has 0 unspecified atom stereocenters. The Bertz CT molecular complexity index is 1260. The summed E-state index contributed by atoms with van der Waals surface area (Å²) in [6.07, 6.45) is -0.0326. The zero-order valence-corrected chi connectivity index (χ0v) is 17.2. The average molecular weight is 445 g/mol. The Hall–Kier alpha value is -2.60. The van der Waals surface area contributed by atoms with E-state index in [1.807, 2.05) is 0 Å². The van der Waals surface area contributed by atoms with Gasteiger partial charge in [-0.1, -0.05) is 35.3 Å². The Morgan fingerprint density at radius 2 is 1.76 bits per heavy atom. The predicted molar refractivity (Wildman–Crippen MR) is 116 cm³/mol. The maximum absolute atomic E-state index is 12.9. The maximum Gasteiger partial charge on any atom is 0.343 e. The number of hydrogen-bond acceptors (Lipinski definition) is 5. The van der Waals surface area contributed by atoms with Crippen molar-refractivity contribution in [1.29, 1.82) is 0 Å². The van der Waals surface area contributed by atoms with E-state index < -0.39 is 11.5 Å². The molecule has 0 aliphatic carbocycles. The van der Waals surface area contributed by atoms with Crippen molar-refractivity contribution in [1.82, 2.24) is 0 Å². The Morgan fingerprint density at radius 3 is 2.45 bits per heavy atom.